The van der Waals surface area contributed by atoms with Crippen molar-refractivity contribution in [3.05, 3.63) is 94.9 Å². The van der Waals surface area contributed by atoms with Crippen LogP contribution in [-0.2, 0) is 55.0 Å². The Hall–Kier alpha value is -2.71. The van der Waals surface area contributed by atoms with Gasteiger partial charge in [0.1, 0.15) is 5.75 Å². The molecule has 0 radical (unpaired) electrons. The van der Waals surface area contributed by atoms with Crippen molar-refractivity contribution in [1.82, 2.24) is 0 Å². The first-order valence-corrected chi connectivity index (χ1v) is 39.7. The van der Waals surface area contributed by atoms with E-state index in [9.17, 15) is 0 Å². The molecule has 522 valence electrons. The van der Waals surface area contributed by atoms with Crippen LogP contribution in [-0.4, -0.2) is 16.5 Å². The predicted molar refractivity (Wildman–Crippen MR) is 405 cm³/mol. The van der Waals surface area contributed by atoms with Gasteiger partial charge >= 0.3 is 0 Å². The number of aromatic hydroxyl groups is 1. The zero-order chi connectivity index (χ0) is 64.7. The first-order chi connectivity index (χ1) is 43.8. The van der Waals surface area contributed by atoms with Gasteiger partial charge in [-0.1, -0.05) is 337 Å². The second-order valence-corrected chi connectivity index (χ2v) is 27.3. The summed E-state index contributed by atoms with van der Waals surface area (Å²) in [5.41, 5.74) is 14.4. The van der Waals surface area contributed by atoms with Crippen molar-refractivity contribution in [1.29, 1.82) is 0 Å². The number of hydrogen-bond acceptors (Lipinski definition) is 3. The van der Waals surface area contributed by atoms with Crippen molar-refractivity contribution in [3.63, 3.8) is 0 Å². The van der Waals surface area contributed by atoms with Gasteiger partial charge in [0.2, 0.25) is 0 Å². The number of hydrogen-bond donors (Lipinski definition) is 1. The molecule has 3 aromatic rings. The van der Waals surface area contributed by atoms with Gasteiger partial charge in [0.25, 0.3) is 0 Å². The minimum absolute atomic E-state index is 0. The molecule has 0 unspecified atom stereocenters. The number of rotatable bonds is 58. The molecule has 0 bridgehead atoms. The average molecular weight is 1290 g/mol. The molecule has 0 spiro atoms. The minimum Gasteiger partial charge on any atom is -0.508 e. The summed E-state index contributed by atoms with van der Waals surface area (Å²) in [4.78, 5) is 11.3. The van der Waals surface area contributed by atoms with E-state index in [0.717, 1.165) is 18.6 Å². The number of unbranched alkanes of at least 4 members (excludes halogenated alkanes) is 41. The SMILES string of the molecule is CCCCCCCCCCCCCC(=Nc1cc(CCCC)c(CCCCCCCC)c(CCCCCC)c1)C(C)=Nc1cc(CCCC)c(CCCC)c(CCCCCC)c1.Oc1ccccc1.[CH2-]CCCCCCCCCCCCCCCCCCC.[Ni]. The quantitative estimate of drug-likeness (QED) is 0.0260. The van der Waals surface area contributed by atoms with Crippen LogP contribution >= 0.6 is 0 Å². The maximum atomic E-state index is 8.63. The third-order valence-corrected chi connectivity index (χ3v) is 18.7. The molecule has 0 aliphatic rings. The van der Waals surface area contributed by atoms with Crippen molar-refractivity contribution >= 4 is 22.8 Å². The molecular formula is C86H151N2NiO-. The summed E-state index contributed by atoms with van der Waals surface area (Å²) < 4.78 is 0. The van der Waals surface area contributed by atoms with Crippen LogP contribution in [0.1, 0.15) is 417 Å². The maximum Gasteiger partial charge on any atom is 0.115 e. The van der Waals surface area contributed by atoms with Gasteiger partial charge in [-0.2, -0.15) is 6.42 Å². The summed E-state index contributed by atoms with van der Waals surface area (Å²) in [6.45, 7) is 24.8. The van der Waals surface area contributed by atoms with E-state index in [1.165, 1.54) is 364 Å². The fourth-order valence-corrected chi connectivity index (χ4v) is 12.9. The Morgan fingerprint density at radius 2 is 0.567 bits per heavy atom. The number of aryl methyl sites for hydroxylation is 4. The molecule has 3 rings (SSSR count). The van der Waals surface area contributed by atoms with E-state index in [4.69, 9.17) is 15.1 Å². The topological polar surface area (TPSA) is 45.0 Å². The maximum absolute atomic E-state index is 8.63. The van der Waals surface area contributed by atoms with Crippen LogP contribution in [0, 0.1) is 6.92 Å². The molecule has 0 aliphatic heterocycles. The molecular weight excluding hydrogens is 1140 g/mol. The first kappa shape index (κ1) is 87.3. The largest absolute Gasteiger partial charge is 0.508 e. The predicted octanol–water partition coefficient (Wildman–Crippen LogP) is 29.7. The van der Waals surface area contributed by atoms with E-state index in [2.05, 4.69) is 93.5 Å². The van der Waals surface area contributed by atoms with Gasteiger partial charge < -0.3 is 12.0 Å². The third-order valence-electron chi connectivity index (χ3n) is 18.7. The van der Waals surface area contributed by atoms with Crippen LogP contribution in [0.4, 0.5) is 11.4 Å². The van der Waals surface area contributed by atoms with Crippen LogP contribution in [0.3, 0.4) is 0 Å². The van der Waals surface area contributed by atoms with E-state index in [1.54, 1.807) is 57.6 Å². The Balaban J connectivity index is 0.00000232. The van der Waals surface area contributed by atoms with Crippen LogP contribution in [0.2, 0.25) is 0 Å². The molecule has 0 aliphatic carbocycles. The fourth-order valence-electron chi connectivity index (χ4n) is 12.9. The molecule has 0 atom stereocenters. The van der Waals surface area contributed by atoms with E-state index >= 15 is 0 Å². The van der Waals surface area contributed by atoms with E-state index < -0.39 is 0 Å². The third kappa shape index (κ3) is 48.9. The molecule has 1 N–H and O–H groups in total. The molecule has 0 amide bonds. The Bertz CT molecular complexity index is 2040. The zero-order valence-corrected chi connectivity index (χ0v) is 62.6. The number of aliphatic imine (C=N–C) groups is 2. The van der Waals surface area contributed by atoms with Crippen LogP contribution in [0.25, 0.3) is 0 Å². The number of nitrogens with zero attached hydrogens (tertiary/aromatic N) is 2. The fraction of sp³-hybridized carbons (Fsp3) is 0.756. The first-order valence-electron chi connectivity index (χ1n) is 39.7. The number of para-hydroxylation sites is 1. The van der Waals surface area contributed by atoms with Crippen molar-refractivity contribution in [2.75, 3.05) is 0 Å². The Morgan fingerprint density at radius 1 is 0.311 bits per heavy atom. The summed E-state index contributed by atoms with van der Waals surface area (Å²) >= 11 is 0. The summed E-state index contributed by atoms with van der Waals surface area (Å²) in [6, 6.07) is 18.7. The Kier molecular flexibility index (Phi) is 64.3. The van der Waals surface area contributed by atoms with E-state index in [1.807, 2.05) is 6.07 Å². The van der Waals surface area contributed by atoms with E-state index in [-0.39, 0.29) is 16.5 Å². The molecule has 3 nitrogen and oxygen atoms in total. The molecule has 90 heavy (non-hydrogen) atoms. The molecule has 0 aromatic heterocycles. The molecule has 0 fully saturated rings. The van der Waals surface area contributed by atoms with Crippen LogP contribution in [0.5, 0.6) is 5.75 Å². The summed E-state index contributed by atoms with van der Waals surface area (Å²) in [7, 11) is 0. The molecule has 0 heterocycles. The van der Waals surface area contributed by atoms with Gasteiger partial charge in [-0.15, -0.1) is 0 Å². The number of benzene rings is 3. The molecule has 0 saturated carbocycles. The molecule has 0 saturated heterocycles. The summed E-state index contributed by atoms with van der Waals surface area (Å²) in [5, 5.41) is 8.63. The zero-order valence-electron chi connectivity index (χ0n) is 61.7. The Labute approximate surface area is 573 Å². The monoisotopic (exact) mass is 1290 g/mol. The minimum atomic E-state index is 0. The van der Waals surface area contributed by atoms with Gasteiger partial charge in [-0.25, -0.2) is 0 Å². The number of phenolic OH excluding ortho intramolecular Hbond substituents is 1. The van der Waals surface area contributed by atoms with Gasteiger partial charge in [0.15, 0.2) is 0 Å². The summed E-state index contributed by atoms with van der Waals surface area (Å²) in [6.07, 6.45) is 75.2. The van der Waals surface area contributed by atoms with Crippen LogP contribution in [0.15, 0.2) is 64.6 Å². The average Bonchev–Trinajstić information content (AvgIpc) is 2.86. The summed E-state index contributed by atoms with van der Waals surface area (Å²) in [5.74, 6) is 0.322. The van der Waals surface area contributed by atoms with Crippen molar-refractivity contribution in [2.45, 2.75) is 422 Å². The number of phenols is 1. The van der Waals surface area contributed by atoms with Crippen molar-refractivity contribution in [3.8, 4) is 5.75 Å². The van der Waals surface area contributed by atoms with Crippen molar-refractivity contribution in [2.24, 2.45) is 9.98 Å². The smallest absolute Gasteiger partial charge is 0.115 e. The Morgan fingerprint density at radius 3 is 0.889 bits per heavy atom. The van der Waals surface area contributed by atoms with E-state index in [0.29, 0.717) is 5.75 Å². The second kappa shape index (κ2) is 66.3. The second-order valence-electron chi connectivity index (χ2n) is 27.3. The van der Waals surface area contributed by atoms with Gasteiger partial charge in [-0.3, -0.25) is 9.98 Å². The van der Waals surface area contributed by atoms with Crippen molar-refractivity contribution < 1.29 is 21.6 Å². The van der Waals surface area contributed by atoms with Gasteiger partial charge in [0.05, 0.1) is 22.8 Å². The van der Waals surface area contributed by atoms with Gasteiger partial charge in [-0.05, 0) is 167 Å². The molecule has 3 aromatic carbocycles. The standard InChI is InChI=1S/C60H104N2.C20H41.C6H6O.Ni/c1-9-16-23-27-29-30-31-32-33-35-39-46-60(51(8)61-56-47-52(40-20-13-5)58(44-22-15-7)54(48-56)42-36-25-18-11-3)62-57-49-53(41-21-14-6)59(45-38-34-28-24-17-10-2)55(50-57)43-37-26-19-12-4;1-3-5-7-9-11-13-15-17-19-20-18-16-14-12-10-8-6-4-2;7-6-4-2-1-3-5-6;/h47-50H,9-46H2,1-8H3;1,3-20H2,2H3;1-5,7H;/q;-1;;. The van der Waals surface area contributed by atoms with Crippen LogP contribution < -0.4 is 0 Å². The van der Waals surface area contributed by atoms with Gasteiger partial charge in [0, 0.05) is 16.5 Å². The molecule has 4 heteroatoms. The normalized spacial score (nSPS) is 11.6.